The van der Waals surface area contributed by atoms with E-state index >= 15 is 0 Å². The summed E-state index contributed by atoms with van der Waals surface area (Å²) in [4.78, 5) is 4.48. The van der Waals surface area contributed by atoms with Crippen molar-refractivity contribution in [2.45, 2.75) is 0 Å². The normalized spacial score (nSPS) is 11.5. The summed E-state index contributed by atoms with van der Waals surface area (Å²) in [6.07, 6.45) is 1.46. The summed E-state index contributed by atoms with van der Waals surface area (Å²) >= 11 is 3.37. The molecule has 2 aromatic carbocycles. The first kappa shape index (κ1) is 17.2. The Morgan fingerprint density at radius 2 is 2.07 bits per heavy atom. The van der Waals surface area contributed by atoms with Gasteiger partial charge in [0.05, 0.1) is 18.8 Å². The highest BCUT2D eigenvalue weighted by molar-refractivity contribution is 9.10. The van der Waals surface area contributed by atoms with E-state index in [1.165, 1.54) is 13.3 Å². The number of hydrogen-bond donors (Lipinski definition) is 2. The number of methoxy groups -OCH3 is 1. The number of rotatable bonds is 4. The van der Waals surface area contributed by atoms with Crippen LogP contribution < -0.4 is 10.2 Å². The summed E-state index contributed by atoms with van der Waals surface area (Å²) in [7, 11) is 3.41. The van der Waals surface area contributed by atoms with Crippen LogP contribution in [0.2, 0.25) is 0 Å². The maximum Gasteiger partial charge on any atom is 0.265 e. The molecular formula is C18H15BrN6O2. The van der Waals surface area contributed by atoms with Gasteiger partial charge < -0.3 is 14.4 Å². The zero-order valence-electron chi connectivity index (χ0n) is 14.5. The highest BCUT2D eigenvalue weighted by Gasteiger charge is 2.12. The predicted molar refractivity (Wildman–Crippen MR) is 107 cm³/mol. The van der Waals surface area contributed by atoms with E-state index in [9.17, 15) is 5.11 Å². The minimum Gasteiger partial charge on any atom is -0.504 e. The van der Waals surface area contributed by atoms with Crippen LogP contribution in [0.1, 0.15) is 5.56 Å². The van der Waals surface area contributed by atoms with E-state index in [1.807, 2.05) is 35.9 Å². The van der Waals surface area contributed by atoms with Gasteiger partial charge >= 0.3 is 0 Å². The fourth-order valence-electron chi connectivity index (χ4n) is 2.86. The van der Waals surface area contributed by atoms with Gasteiger partial charge in [0.2, 0.25) is 0 Å². The van der Waals surface area contributed by atoms with Crippen LogP contribution in [0.3, 0.4) is 0 Å². The zero-order chi connectivity index (χ0) is 19.0. The van der Waals surface area contributed by atoms with E-state index in [0.717, 1.165) is 20.9 Å². The van der Waals surface area contributed by atoms with E-state index in [-0.39, 0.29) is 11.7 Å². The van der Waals surface area contributed by atoms with E-state index in [4.69, 9.17) is 4.74 Å². The maximum atomic E-state index is 10.2. The number of anilines is 1. The fourth-order valence-corrected chi connectivity index (χ4v) is 3.32. The molecule has 27 heavy (non-hydrogen) atoms. The average Bonchev–Trinajstić information content (AvgIpc) is 2.96. The van der Waals surface area contributed by atoms with E-state index in [2.05, 4.69) is 41.6 Å². The van der Waals surface area contributed by atoms with Gasteiger partial charge in [-0.15, -0.1) is 10.2 Å². The minimum atomic E-state index is -0.00516. The number of ether oxygens (including phenoxy) is 1. The van der Waals surface area contributed by atoms with Crippen LogP contribution in [0, 0.1) is 0 Å². The second kappa shape index (κ2) is 6.84. The largest absolute Gasteiger partial charge is 0.504 e. The van der Waals surface area contributed by atoms with Gasteiger partial charge in [-0.1, -0.05) is 34.1 Å². The first-order valence-electron chi connectivity index (χ1n) is 8.02. The van der Waals surface area contributed by atoms with Crippen molar-refractivity contribution >= 4 is 50.2 Å². The SMILES string of the molecule is COc1cc(Br)cc(C=NNc2nnc3c4ccccc4n(C)c3n2)c1O. The second-order valence-corrected chi connectivity index (χ2v) is 6.72. The molecule has 9 heteroatoms. The van der Waals surface area contributed by atoms with Gasteiger partial charge in [0.25, 0.3) is 5.95 Å². The predicted octanol–water partition coefficient (Wildman–Crippen LogP) is 3.44. The Morgan fingerprint density at radius 1 is 1.26 bits per heavy atom. The van der Waals surface area contributed by atoms with E-state index in [1.54, 1.807) is 12.1 Å². The van der Waals surface area contributed by atoms with Crippen molar-refractivity contribution in [3.8, 4) is 11.5 Å². The molecule has 136 valence electrons. The van der Waals surface area contributed by atoms with Crippen LogP contribution in [-0.2, 0) is 7.05 Å². The lowest BCUT2D eigenvalue weighted by molar-refractivity contribution is 0.373. The van der Waals surface area contributed by atoms with Crippen molar-refractivity contribution in [1.29, 1.82) is 0 Å². The summed E-state index contributed by atoms with van der Waals surface area (Å²) < 4.78 is 7.84. The molecule has 8 nitrogen and oxygen atoms in total. The van der Waals surface area contributed by atoms with Crippen LogP contribution in [0.15, 0.2) is 46.0 Å². The van der Waals surface area contributed by atoms with Crippen LogP contribution in [0.25, 0.3) is 22.1 Å². The van der Waals surface area contributed by atoms with Crippen molar-refractivity contribution in [2.75, 3.05) is 12.5 Å². The van der Waals surface area contributed by atoms with Gasteiger partial charge in [0, 0.05) is 22.5 Å². The maximum absolute atomic E-state index is 10.2. The number of halogens is 1. The number of hydrazone groups is 1. The molecule has 0 spiro atoms. The first-order valence-corrected chi connectivity index (χ1v) is 8.81. The number of hydrogen-bond acceptors (Lipinski definition) is 7. The van der Waals surface area contributed by atoms with E-state index < -0.39 is 0 Å². The molecule has 2 aromatic heterocycles. The molecule has 0 aliphatic rings. The number of benzene rings is 2. The number of para-hydroxylation sites is 1. The van der Waals surface area contributed by atoms with Gasteiger partial charge in [-0.2, -0.15) is 10.1 Å². The molecule has 0 saturated heterocycles. The van der Waals surface area contributed by atoms with Crippen molar-refractivity contribution in [2.24, 2.45) is 12.1 Å². The Hall–Kier alpha value is -3.20. The third kappa shape index (κ3) is 3.06. The summed E-state index contributed by atoms with van der Waals surface area (Å²) in [6, 6.07) is 11.3. The smallest absolute Gasteiger partial charge is 0.265 e. The molecule has 4 aromatic rings. The first-order chi connectivity index (χ1) is 13.1. The number of aromatic hydroxyl groups is 1. The summed E-state index contributed by atoms with van der Waals surface area (Å²) in [5, 5.41) is 23.6. The van der Waals surface area contributed by atoms with Gasteiger partial charge in [-0.05, 0) is 18.2 Å². The van der Waals surface area contributed by atoms with Gasteiger partial charge in [0.15, 0.2) is 17.1 Å². The Morgan fingerprint density at radius 3 is 2.89 bits per heavy atom. The molecule has 0 aliphatic heterocycles. The van der Waals surface area contributed by atoms with Crippen molar-refractivity contribution < 1.29 is 9.84 Å². The number of phenols is 1. The number of nitrogens with one attached hydrogen (secondary N) is 1. The molecule has 0 radical (unpaired) electrons. The van der Waals surface area contributed by atoms with E-state index in [0.29, 0.717) is 17.0 Å². The molecule has 0 amide bonds. The molecule has 2 N–H and O–H groups in total. The standard InChI is InChI=1S/C18H15BrN6O2/c1-25-13-6-4-3-5-12(13)15-17(25)21-18(24-22-15)23-20-9-10-7-11(19)8-14(27-2)16(10)26/h3-9,26H,1-2H3,(H,21,23,24). The van der Waals surface area contributed by atoms with Crippen LogP contribution in [-0.4, -0.2) is 38.2 Å². The van der Waals surface area contributed by atoms with Crippen molar-refractivity contribution in [3.05, 3.63) is 46.4 Å². The Balaban J connectivity index is 1.65. The highest BCUT2D eigenvalue weighted by Crippen LogP contribution is 2.32. The molecule has 0 bridgehead atoms. The van der Waals surface area contributed by atoms with Gasteiger partial charge in [-0.25, -0.2) is 5.43 Å². The monoisotopic (exact) mass is 426 g/mol. The molecule has 0 fully saturated rings. The summed E-state index contributed by atoms with van der Waals surface area (Å²) in [5.74, 6) is 0.598. The lowest BCUT2D eigenvalue weighted by atomic mass is 10.2. The zero-order valence-corrected chi connectivity index (χ0v) is 16.1. The lowest BCUT2D eigenvalue weighted by Gasteiger charge is -2.06. The van der Waals surface area contributed by atoms with Crippen LogP contribution in [0.4, 0.5) is 5.95 Å². The summed E-state index contributed by atoms with van der Waals surface area (Å²) in [6.45, 7) is 0. The van der Waals surface area contributed by atoms with Crippen LogP contribution >= 0.6 is 15.9 Å². The Kier molecular flexibility index (Phi) is 4.36. The van der Waals surface area contributed by atoms with Crippen LogP contribution in [0.5, 0.6) is 11.5 Å². The molecule has 0 atom stereocenters. The molecule has 4 rings (SSSR count). The third-order valence-corrected chi connectivity index (χ3v) is 4.62. The number of fused-ring (bicyclic) bond motifs is 3. The molecule has 2 heterocycles. The Bertz CT molecular complexity index is 1190. The number of nitrogens with zero attached hydrogens (tertiary/aromatic N) is 5. The van der Waals surface area contributed by atoms with Gasteiger partial charge in [-0.3, -0.25) is 0 Å². The minimum absolute atomic E-state index is 0.00516. The average molecular weight is 427 g/mol. The highest BCUT2D eigenvalue weighted by atomic mass is 79.9. The number of aromatic nitrogens is 4. The number of aryl methyl sites for hydroxylation is 1. The molecule has 0 unspecified atom stereocenters. The number of phenolic OH excluding ortho intramolecular Hbond substituents is 1. The van der Waals surface area contributed by atoms with Gasteiger partial charge in [0.1, 0.15) is 5.52 Å². The summed E-state index contributed by atoms with van der Waals surface area (Å²) in [5.41, 5.74) is 5.69. The molecule has 0 saturated carbocycles. The van der Waals surface area contributed by atoms with Crippen molar-refractivity contribution in [1.82, 2.24) is 19.7 Å². The second-order valence-electron chi connectivity index (χ2n) is 5.80. The topological polar surface area (TPSA) is 97.5 Å². The van der Waals surface area contributed by atoms with Crippen molar-refractivity contribution in [3.63, 3.8) is 0 Å². The molecular weight excluding hydrogens is 412 g/mol. The fraction of sp³-hybridized carbons (Fsp3) is 0.111. The quantitative estimate of drug-likeness (QED) is 0.383. The third-order valence-electron chi connectivity index (χ3n) is 4.16. The lowest BCUT2D eigenvalue weighted by Crippen LogP contribution is -2.01. The Labute approximate surface area is 162 Å². The molecule has 0 aliphatic carbocycles.